The van der Waals surface area contributed by atoms with Crippen molar-refractivity contribution in [1.29, 1.82) is 0 Å². The molecule has 2 atom stereocenters. The summed E-state index contributed by atoms with van der Waals surface area (Å²) in [5.74, 6) is 0. The number of thioether (sulfide) groups is 2. The molecule has 54 heavy (non-hydrogen) atoms. The van der Waals surface area contributed by atoms with Gasteiger partial charge in [0.25, 0.3) is 9.84 Å². The monoisotopic (exact) mass is 787 g/mol. The normalized spacial score (nSPS) is 17.6. The van der Waals surface area contributed by atoms with Gasteiger partial charge in [-0.25, -0.2) is 8.42 Å². The molecule has 7 rings (SSSR count). The summed E-state index contributed by atoms with van der Waals surface area (Å²) in [6.07, 6.45) is 15.2. The lowest BCUT2D eigenvalue weighted by Gasteiger charge is -2.16. The van der Waals surface area contributed by atoms with Crippen LogP contribution in [-0.4, -0.2) is 47.3 Å². The van der Waals surface area contributed by atoms with Gasteiger partial charge in [-0.15, -0.1) is 23.5 Å². The Hall–Kier alpha value is -3.73. The first-order valence-corrected chi connectivity index (χ1v) is 22.6. The molecule has 4 nitrogen and oxygen atoms in total. The molecule has 1 aliphatic heterocycles. The molecule has 1 aliphatic carbocycles. The minimum atomic E-state index is -5.66. The third-order valence-corrected chi connectivity index (χ3v) is 14.2. The summed E-state index contributed by atoms with van der Waals surface area (Å²) in [6.45, 7) is 8.60. The van der Waals surface area contributed by atoms with Gasteiger partial charge in [-0.05, 0) is 98.9 Å². The molecule has 0 N–H and O–H groups in total. The lowest BCUT2D eigenvalue weighted by Crippen LogP contribution is -2.25. The molecule has 10 heteroatoms. The van der Waals surface area contributed by atoms with E-state index in [2.05, 4.69) is 85.4 Å². The fourth-order valence-electron chi connectivity index (χ4n) is 8.65. The summed E-state index contributed by atoms with van der Waals surface area (Å²) < 4.78 is 75.0. The second-order valence-electron chi connectivity index (χ2n) is 14.3. The van der Waals surface area contributed by atoms with Gasteiger partial charge in [0.05, 0.1) is 21.4 Å². The molecule has 0 saturated heterocycles. The van der Waals surface area contributed by atoms with Gasteiger partial charge in [-0.2, -0.15) is 17.7 Å². The number of rotatable bonds is 12. The van der Waals surface area contributed by atoms with Crippen molar-refractivity contribution < 1.29 is 26.2 Å². The summed E-state index contributed by atoms with van der Waals surface area (Å²) in [6, 6.07) is 21.1. The molecule has 5 aromatic rings. The van der Waals surface area contributed by atoms with Crippen molar-refractivity contribution >= 4 is 83.3 Å². The van der Waals surface area contributed by atoms with Crippen LogP contribution in [0.1, 0.15) is 77.8 Å². The highest BCUT2D eigenvalue weighted by Gasteiger charge is 2.51. The van der Waals surface area contributed by atoms with Gasteiger partial charge in [0.2, 0.25) is 11.4 Å². The fraction of sp³-hybridized carbons (Fsp3) is 0.341. The molecule has 282 valence electrons. The van der Waals surface area contributed by atoms with Crippen LogP contribution >= 0.6 is 23.5 Å². The van der Waals surface area contributed by atoms with Crippen LogP contribution < -0.4 is 5.35 Å². The number of alkyl halides is 3. The van der Waals surface area contributed by atoms with Crippen LogP contribution in [0, 0.1) is 0 Å². The molecule has 0 bridgehead atoms. The van der Waals surface area contributed by atoms with E-state index in [9.17, 15) is 21.6 Å². The number of aromatic nitrogens is 1. The van der Waals surface area contributed by atoms with E-state index >= 15 is 0 Å². The van der Waals surface area contributed by atoms with E-state index in [-0.39, 0.29) is 36.1 Å². The van der Waals surface area contributed by atoms with Crippen molar-refractivity contribution in [2.75, 3.05) is 12.5 Å². The smallest absolute Gasteiger partial charge is 0.338 e. The molecule has 2 unspecified atom stereocenters. The maximum absolute atomic E-state index is 14.5. The Morgan fingerprint density at radius 2 is 1.46 bits per heavy atom. The molecule has 4 aromatic carbocycles. The lowest BCUT2D eigenvalue weighted by atomic mass is 10.0. The Kier molecular flexibility index (Phi) is 10.8. The van der Waals surface area contributed by atoms with Crippen molar-refractivity contribution in [3.63, 3.8) is 0 Å². The average molecular weight is 788 g/mol. The largest absolute Gasteiger partial charge is 0.501 e. The number of hydrogen-bond acceptors (Lipinski definition) is 4. The number of sulfone groups is 1. The van der Waals surface area contributed by atoms with Crippen molar-refractivity contribution in [2.45, 2.75) is 93.6 Å². The number of hydrogen-bond donors (Lipinski definition) is 0. The van der Waals surface area contributed by atoms with Crippen LogP contribution in [0.3, 0.4) is 0 Å². The quantitative estimate of drug-likeness (QED) is 0.0933. The molecule has 2 heterocycles. The number of benzene rings is 4. The van der Waals surface area contributed by atoms with Crippen LogP contribution in [-0.2, 0) is 9.84 Å². The van der Waals surface area contributed by atoms with E-state index in [1.54, 1.807) is 35.7 Å². The average Bonchev–Trinajstić information content (AvgIpc) is 3.81. The van der Waals surface area contributed by atoms with E-state index in [0.717, 1.165) is 90.2 Å². The minimum absolute atomic E-state index is 0.119. The first-order valence-electron chi connectivity index (χ1n) is 18.7. The molecule has 0 spiro atoms. The van der Waals surface area contributed by atoms with Gasteiger partial charge in [-0.3, -0.25) is 0 Å². The summed E-state index contributed by atoms with van der Waals surface area (Å²) >= 11 is 3.35. The molecule has 0 fully saturated rings. The molecule has 0 radical (unpaired) electrons. The number of halogens is 3. The minimum Gasteiger partial charge on any atom is -0.338 e. The zero-order valence-electron chi connectivity index (χ0n) is 31.5. The highest BCUT2D eigenvalue weighted by atomic mass is 32.2. The van der Waals surface area contributed by atoms with Crippen LogP contribution in [0.15, 0.2) is 105 Å². The van der Waals surface area contributed by atoms with Crippen molar-refractivity contribution in [3.05, 3.63) is 106 Å². The molecule has 0 saturated carbocycles. The third kappa shape index (κ3) is 6.36. The Labute approximate surface area is 324 Å². The molecule has 2 aliphatic rings. The Bertz CT molecular complexity index is 2590. The predicted octanol–water partition coefficient (Wildman–Crippen LogP) is 12.1. The highest BCUT2D eigenvalue weighted by Crippen LogP contribution is 2.44. The van der Waals surface area contributed by atoms with E-state index < -0.39 is 20.3 Å². The Morgan fingerprint density at radius 3 is 2.13 bits per heavy atom. The zero-order valence-corrected chi connectivity index (χ0v) is 34.0. The number of allylic oxidation sites excluding steroid dienone is 5. The van der Waals surface area contributed by atoms with E-state index in [0.29, 0.717) is 0 Å². The van der Waals surface area contributed by atoms with Crippen molar-refractivity contribution in [2.24, 2.45) is 0 Å². The predicted molar refractivity (Wildman–Crippen MR) is 223 cm³/mol. The first kappa shape index (κ1) is 38.5. The van der Waals surface area contributed by atoms with Gasteiger partial charge in [0.1, 0.15) is 0 Å². The lowest BCUT2D eigenvalue weighted by molar-refractivity contribution is -0.476. The fourth-order valence-corrected chi connectivity index (χ4v) is 11.1. The zero-order chi connectivity index (χ0) is 38.5. The molecule has 0 amide bonds. The SMILES string of the molecule is CCCC(C)n1/c(=C/C=C2\CCC(/C=C/C3=[N+](C(C)CCC)c4ccc(SC)c5cccc3c45)=C2S(=O)(=O)C(F)(F)F)c2cccc3c(SC)ccc1c32. The van der Waals surface area contributed by atoms with E-state index in [4.69, 9.17) is 0 Å². The van der Waals surface area contributed by atoms with Gasteiger partial charge in [0, 0.05) is 55.9 Å². The Balaban J connectivity index is 1.43. The van der Waals surface area contributed by atoms with E-state index in [1.165, 1.54) is 0 Å². The Morgan fingerprint density at radius 1 is 0.815 bits per heavy atom. The molecular formula is C44H46F3N2O2S3+. The second-order valence-corrected chi connectivity index (χ2v) is 17.9. The summed E-state index contributed by atoms with van der Waals surface area (Å²) in [5, 5.41) is 6.35. The summed E-state index contributed by atoms with van der Waals surface area (Å²) in [7, 11) is -5.66. The number of nitrogens with zero attached hydrogens (tertiary/aromatic N) is 2. The van der Waals surface area contributed by atoms with Crippen molar-refractivity contribution in [1.82, 2.24) is 4.57 Å². The maximum Gasteiger partial charge on any atom is 0.501 e. The molecular weight excluding hydrogens is 742 g/mol. The van der Waals surface area contributed by atoms with Gasteiger partial charge < -0.3 is 4.57 Å². The van der Waals surface area contributed by atoms with Crippen LogP contribution in [0.2, 0.25) is 0 Å². The molecule has 1 aromatic heterocycles. The second kappa shape index (κ2) is 15.1. The van der Waals surface area contributed by atoms with Gasteiger partial charge >= 0.3 is 5.51 Å². The van der Waals surface area contributed by atoms with Crippen LogP contribution in [0.5, 0.6) is 0 Å². The summed E-state index contributed by atoms with van der Waals surface area (Å²) in [4.78, 5) is 1.68. The van der Waals surface area contributed by atoms with Gasteiger partial charge in [0.15, 0.2) is 6.04 Å². The van der Waals surface area contributed by atoms with Crippen molar-refractivity contribution in [3.8, 4) is 0 Å². The van der Waals surface area contributed by atoms with Gasteiger partial charge in [-0.1, -0.05) is 62.8 Å². The topological polar surface area (TPSA) is 42.1 Å². The van der Waals surface area contributed by atoms with E-state index in [1.807, 2.05) is 36.8 Å². The highest BCUT2D eigenvalue weighted by molar-refractivity contribution is 7.99. The van der Waals surface area contributed by atoms with Crippen LogP contribution in [0.25, 0.3) is 38.5 Å². The standard InChI is InChI=1S/C44H46F3N2O2S3/c1-7-11-27(3)48-35(31-13-9-15-33-39(52-5)25-23-37(48)41(31)33)21-19-29-17-18-30(43(29)54(50,51)44(45,46)47)20-22-36-32-14-10-16-34-40(53-6)26-24-38(42(32)34)49(36)28(4)12-8-2/h9-10,13-16,19-28H,7-8,11-12,17-18H2,1-6H3/q+1. The third-order valence-electron chi connectivity index (χ3n) is 11.0. The maximum atomic E-state index is 14.5. The summed E-state index contributed by atoms with van der Waals surface area (Å²) in [5.41, 5.74) is -1.09. The van der Waals surface area contributed by atoms with Crippen LogP contribution in [0.4, 0.5) is 18.9 Å². The first-order chi connectivity index (χ1) is 25.9.